The predicted molar refractivity (Wildman–Crippen MR) is 133 cm³/mol. The zero-order chi connectivity index (χ0) is 24.8. The van der Waals surface area contributed by atoms with E-state index in [0.717, 1.165) is 29.4 Å². The van der Waals surface area contributed by atoms with E-state index in [0.29, 0.717) is 10.9 Å². The molecule has 35 heavy (non-hydrogen) atoms. The van der Waals surface area contributed by atoms with Gasteiger partial charge in [0.1, 0.15) is 5.82 Å². The Hall–Kier alpha value is -4.02. The van der Waals surface area contributed by atoms with Gasteiger partial charge >= 0.3 is 6.18 Å². The second kappa shape index (κ2) is 10.5. The molecule has 4 aromatic rings. The van der Waals surface area contributed by atoms with E-state index < -0.39 is 18.4 Å². The zero-order valence-corrected chi connectivity index (χ0v) is 19.1. The van der Waals surface area contributed by atoms with Crippen molar-refractivity contribution in [3.05, 3.63) is 118 Å². The van der Waals surface area contributed by atoms with Crippen molar-refractivity contribution in [1.82, 2.24) is 0 Å². The normalized spacial score (nSPS) is 10.9. The highest BCUT2D eigenvalue weighted by molar-refractivity contribution is 5.86. The molecule has 0 nitrogen and oxygen atoms in total. The van der Waals surface area contributed by atoms with Crippen molar-refractivity contribution in [1.29, 1.82) is 0 Å². The number of rotatable bonds is 3. The molecule has 0 saturated heterocycles. The summed E-state index contributed by atoms with van der Waals surface area (Å²) in [6.07, 6.45) is -3.10. The molecule has 4 aromatic carbocycles. The second-order valence-electron chi connectivity index (χ2n) is 8.30. The maximum absolute atomic E-state index is 15.0. The first-order chi connectivity index (χ1) is 16.8. The summed E-state index contributed by atoms with van der Waals surface area (Å²) in [4.78, 5) is 0. The van der Waals surface area contributed by atoms with Crippen LogP contribution >= 0.6 is 0 Å². The van der Waals surface area contributed by atoms with Crippen molar-refractivity contribution in [3.63, 3.8) is 0 Å². The lowest BCUT2D eigenvalue weighted by Gasteiger charge is -2.05. The van der Waals surface area contributed by atoms with Gasteiger partial charge in [0.15, 0.2) is 0 Å². The summed E-state index contributed by atoms with van der Waals surface area (Å²) in [6, 6.07) is 22.7. The van der Waals surface area contributed by atoms with Gasteiger partial charge in [-0.3, -0.25) is 0 Å². The summed E-state index contributed by atoms with van der Waals surface area (Å²) in [6.45, 7) is 2.15. The van der Waals surface area contributed by atoms with Crippen LogP contribution in [0.15, 0.2) is 78.9 Å². The number of hydrogen-bond donors (Lipinski definition) is 0. The highest BCUT2D eigenvalue weighted by atomic mass is 19.4. The third-order valence-corrected chi connectivity index (χ3v) is 5.50. The van der Waals surface area contributed by atoms with Crippen LogP contribution in [0, 0.1) is 29.5 Å². The molecule has 0 saturated carbocycles. The van der Waals surface area contributed by atoms with Gasteiger partial charge in [0.2, 0.25) is 0 Å². The monoisotopic (exact) mass is 470 g/mol. The summed E-state index contributed by atoms with van der Waals surface area (Å²) < 4.78 is 52.5. The second-order valence-corrected chi connectivity index (χ2v) is 8.30. The van der Waals surface area contributed by atoms with Gasteiger partial charge in [-0.1, -0.05) is 73.4 Å². The summed E-state index contributed by atoms with van der Waals surface area (Å²) in [5, 5.41) is 1.15. The van der Waals surface area contributed by atoms with Crippen LogP contribution < -0.4 is 0 Å². The van der Waals surface area contributed by atoms with Gasteiger partial charge in [-0.05, 0) is 65.4 Å². The minimum Gasteiger partial charge on any atom is -0.205 e. The molecule has 0 bridgehead atoms. The van der Waals surface area contributed by atoms with E-state index in [9.17, 15) is 13.2 Å². The largest absolute Gasteiger partial charge is 0.393 e. The van der Waals surface area contributed by atoms with E-state index in [1.807, 2.05) is 18.2 Å². The Morgan fingerprint density at radius 2 is 1.23 bits per heavy atom. The SMILES string of the molecule is CCCc1ccc(C#Cc2ccc3c(F)c(C#Cc4ccc(CC(F)(F)F)cc4)ccc3c2)cc1. The van der Waals surface area contributed by atoms with E-state index in [-0.39, 0.29) is 11.1 Å². The molecule has 4 heteroatoms. The summed E-state index contributed by atoms with van der Waals surface area (Å²) in [5.74, 6) is 11.5. The lowest BCUT2D eigenvalue weighted by Crippen LogP contribution is -2.11. The van der Waals surface area contributed by atoms with Gasteiger partial charge < -0.3 is 0 Å². The van der Waals surface area contributed by atoms with Gasteiger partial charge in [-0.2, -0.15) is 13.2 Å². The Morgan fingerprint density at radius 1 is 0.657 bits per heavy atom. The van der Waals surface area contributed by atoms with Gasteiger partial charge in [0.25, 0.3) is 0 Å². The topological polar surface area (TPSA) is 0 Å². The number of halogens is 4. The van der Waals surface area contributed by atoms with Crippen LogP contribution in [0.3, 0.4) is 0 Å². The van der Waals surface area contributed by atoms with E-state index in [1.165, 1.54) is 29.8 Å². The van der Waals surface area contributed by atoms with Crippen LogP contribution in [-0.4, -0.2) is 6.18 Å². The Labute approximate surface area is 202 Å². The molecule has 0 N–H and O–H groups in total. The Balaban J connectivity index is 1.52. The molecular weight excluding hydrogens is 448 g/mol. The minimum atomic E-state index is -4.26. The first-order valence-corrected chi connectivity index (χ1v) is 11.3. The van der Waals surface area contributed by atoms with Gasteiger partial charge in [0, 0.05) is 22.1 Å². The molecule has 0 amide bonds. The van der Waals surface area contributed by atoms with E-state index in [2.05, 4.69) is 42.7 Å². The highest BCUT2D eigenvalue weighted by Crippen LogP contribution is 2.23. The van der Waals surface area contributed by atoms with Crippen molar-refractivity contribution >= 4 is 10.8 Å². The van der Waals surface area contributed by atoms with E-state index in [1.54, 1.807) is 24.3 Å². The standard InChI is InChI=1S/C31H22F4/c1-2-3-22-4-6-23(7-5-22)8-11-25-15-19-29-28(20-25)18-17-27(30(29)32)16-14-24-9-12-26(13-10-24)21-31(33,34)35/h4-7,9-10,12-13,15,17-20H,2-3,21H2,1H3. The molecule has 0 aliphatic rings. The molecule has 0 atom stereocenters. The molecule has 0 spiro atoms. The first kappa shape index (κ1) is 24.1. The van der Waals surface area contributed by atoms with E-state index in [4.69, 9.17) is 0 Å². The molecule has 0 fully saturated rings. The number of fused-ring (bicyclic) bond motifs is 1. The molecule has 0 heterocycles. The molecule has 0 aliphatic heterocycles. The van der Waals surface area contributed by atoms with Crippen molar-refractivity contribution < 1.29 is 17.6 Å². The zero-order valence-electron chi connectivity index (χ0n) is 19.1. The highest BCUT2D eigenvalue weighted by Gasteiger charge is 2.27. The van der Waals surface area contributed by atoms with Gasteiger partial charge in [0.05, 0.1) is 12.0 Å². The maximum Gasteiger partial charge on any atom is 0.393 e. The Kier molecular flexibility index (Phi) is 7.23. The Bertz CT molecular complexity index is 1450. The predicted octanol–water partition coefficient (Wildman–Crippen LogP) is 7.84. The summed E-state index contributed by atoms with van der Waals surface area (Å²) in [7, 11) is 0. The van der Waals surface area contributed by atoms with Crippen LogP contribution in [0.25, 0.3) is 10.8 Å². The van der Waals surface area contributed by atoms with Crippen LogP contribution in [0.5, 0.6) is 0 Å². The van der Waals surface area contributed by atoms with Crippen molar-refractivity contribution in [3.8, 4) is 23.7 Å². The van der Waals surface area contributed by atoms with Gasteiger partial charge in [-0.15, -0.1) is 0 Å². The van der Waals surface area contributed by atoms with Gasteiger partial charge in [-0.25, -0.2) is 4.39 Å². The molecule has 174 valence electrons. The summed E-state index contributed by atoms with van der Waals surface area (Å²) in [5.41, 5.74) is 3.90. The fraction of sp³-hybridized carbons (Fsp3) is 0.161. The fourth-order valence-corrected chi connectivity index (χ4v) is 3.73. The number of hydrogen-bond acceptors (Lipinski definition) is 0. The fourth-order valence-electron chi connectivity index (χ4n) is 3.73. The molecule has 0 aromatic heterocycles. The van der Waals surface area contributed by atoms with Crippen molar-refractivity contribution in [2.75, 3.05) is 0 Å². The number of aryl methyl sites for hydroxylation is 1. The van der Waals surface area contributed by atoms with Crippen molar-refractivity contribution in [2.45, 2.75) is 32.4 Å². The molecular formula is C31H22F4. The molecule has 4 rings (SSSR count). The average Bonchev–Trinajstić information content (AvgIpc) is 2.83. The number of alkyl halides is 3. The quantitative estimate of drug-likeness (QED) is 0.211. The third kappa shape index (κ3) is 6.52. The molecule has 0 aliphatic carbocycles. The lowest BCUT2D eigenvalue weighted by atomic mass is 10.0. The molecule has 0 radical (unpaired) electrons. The van der Waals surface area contributed by atoms with Crippen LogP contribution in [0.1, 0.15) is 46.7 Å². The van der Waals surface area contributed by atoms with Crippen LogP contribution in [-0.2, 0) is 12.8 Å². The minimum absolute atomic E-state index is 0.160. The lowest BCUT2D eigenvalue weighted by molar-refractivity contribution is -0.127. The maximum atomic E-state index is 15.0. The first-order valence-electron chi connectivity index (χ1n) is 11.3. The van der Waals surface area contributed by atoms with Crippen LogP contribution in [0.2, 0.25) is 0 Å². The van der Waals surface area contributed by atoms with Crippen molar-refractivity contribution in [2.24, 2.45) is 0 Å². The Morgan fingerprint density at radius 3 is 1.86 bits per heavy atom. The molecule has 0 unspecified atom stereocenters. The van der Waals surface area contributed by atoms with E-state index >= 15 is 4.39 Å². The number of benzene rings is 4. The smallest absolute Gasteiger partial charge is 0.205 e. The van der Waals surface area contributed by atoms with Crippen LogP contribution in [0.4, 0.5) is 17.6 Å². The third-order valence-electron chi connectivity index (χ3n) is 5.50. The summed E-state index contributed by atoms with van der Waals surface area (Å²) >= 11 is 0. The average molecular weight is 471 g/mol.